The third-order valence-electron chi connectivity index (χ3n) is 3.48. The van der Waals surface area contributed by atoms with E-state index in [1.54, 1.807) is 20.5 Å². The zero-order valence-electron chi connectivity index (χ0n) is 12.5. The van der Waals surface area contributed by atoms with Crippen LogP contribution in [0.4, 0.5) is 5.82 Å². The summed E-state index contributed by atoms with van der Waals surface area (Å²) in [5.41, 5.74) is 1.92. The van der Waals surface area contributed by atoms with E-state index in [9.17, 15) is 0 Å². The van der Waals surface area contributed by atoms with Gasteiger partial charge in [-0.3, -0.25) is 0 Å². The van der Waals surface area contributed by atoms with E-state index in [2.05, 4.69) is 15.3 Å². The summed E-state index contributed by atoms with van der Waals surface area (Å²) in [5.74, 6) is 2.41. The van der Waals surface area contributed by atoms with Gasteiger partial charge >= 0.3 is 0 Å². The molecule has 0 unspecified atom stereocenters. The summed E-state index contributed by atoms with van der Waals surface area (Å²) in [5, 5.41) is 4.34. The number of methoxy groups -OCH3 is 2. The SMILES string of the molecule is COc1ccc(OC)c(CNc2ncnc3ccccc23)c1. The van der Waals surface area contributed by atoms with E-state index in [-0.39, 0.29) is 0 Å². The molecule has 3 aromatic rings. The number of anilines is 1. The van der Waals surface area contributed by atoms with Gasteiger partial charge in [-0.1, -0.05) is 12.1 Å². The van der Waals surface area contributed by atoms with E-state index < -0.39 is 0 Å². The fourth-order valence-corrected chi connectivity index (χ4v) is 2.34. The zero-order chi connectivity index (χ0) is 15.4. The molecule has 0 spiro atoms. The number of hydrogen-bond acceptors (Lipinski definition) is 5. The number of rotatable bonds is 5. The monoisotopic (exact) mass is 295 g/mol. The Morgan fingerprint density at radius 1 is 1.00 bits per heavy atom. The smallest absolute Gasteiger partial charge is 0.137 e. The number of fused-ring (bicyclic) bond motifs is 1. The second-order valence-electron chi connectivity index (χ2n) is 4.77. The summed E-state index contributed by atoms with van der Waals surface area (Å²) in [6.45, 7) is 0.585. The molecule has 1 aromatic heterocycles. The van der Waals surface area contributed by atoms with Gasteiger partial charge in [0.25, 0.3) is 0 Å². The maximum absolute atomic E-state index is 5.39. The zero-order valence-corrected chi connectivity index (χ0v) is 12.5. The van der Waals surface area contributed by atoms with Crippen LogP contribution in [0.5, 0.6) is 11.5 Å². The number of aromatic nitrogens is 2. The Morgan fingerprint density at radius 2 is 1.86 bits per heavy atom. The van der Waals surface area contributed by atoms with Gasteiger partial charge < -0.3 is 14.8 Å². The van der Waals surface area contributed by atoms with Crippen molar-refractivity contribution in [3.05, 3.63) is 54.4 Å². The van der Waals surface area contributed by atoms with Crippen molar-refractivity contribution in [3.63, 3.8) is 0 Å². The number of nitrogens with zero attached hydrogens (tertiary/aromatic N) is 2. The van der Waals surface area contributed by atoms with Gasteiger partial charge in [0.05, 0.1) is 19.7 Å². The van der Waals surface area contributed by atoms with Gasteiger partial charge in [-0.2, -0.15) is 0 Å². The van der Waals surface area contributed by atoms with Crippen molar-refractivity contribution in [2.45, 2.75) is 6.54 Å². The van der Waals surface area contributed by atoms with E-state index in [0.29, 0.717) is 6.54 Å². The van der Waals surface area contributed by atoms with Gasteiger partial charge in [0, 0.05) is 17.5 Å². The molecular formula is C17H17N3O2. The Kier molecular flexibility index (Phi) is 4.05. The van der Waals surface area contributed by atoms with Gasteiger partial charge in [-0.05, 0) is 30.3 Å². The van der Waals surface area contributed by atoms with Crippen LogP contribution in [-0.4, -0.2) is 24.2 Å². The van der Waals surface area contributed by atoms with Crippen LogP contribution in [0.15, 0.2) is 48.8 Å². The highest BCUT2D eigenvalue weighted by Gasteiger charge is 2.07. The molecule has 0 fully saturated rings. The molecule has 1 N–H and O–H groups in total. The first-order valence-electron chi connectivity index (χ1n) is 6.96. The van der Waals surface area contributed by atoms with E-state index >= 15 is 0 Å². The Hall–Kier alpha value is -2.82. The minimum absolute atomic E-state index is 0.585. The maximum Gasteiger partial charge on any atom is 0.137 e. The van der Waals surface area contributed by atoms with Gasteiger partial charge in [0.1, 0.15) is 23.6 Å². The van der Waals surface area contributed by atoms with Crippen LogP contribution < -0.4 is 14.8 Å². The highest BCUT2D eigenvalue weighted by atomic mass is 16.5. The highest BCUT2D eigenvalue weighted by Crippen LogP contribution is 2.26. The molecule has 0 atom stereocenters. The molecule has 0 radical (unpaired) electrons. The first kappa shape index (κ1) is 14.1. The highest BCUT2D eigenvalue weighted by molar-refractivity contribution is 5.88. The molecule has 5 heteroatoms. The Balaban J connectivity index is 1.88. The number of hydrogen-bond donors (Lipinski definition) is 1. The van der Waals surface area contributed by atoms with E-state index in [0.717, 1.165) is 33.8 Å². The van der Waals surface area contributed by atoms with Crippen molar-refractivity contribution in [1.82, 2.24) is 9.97 Å². The van der Waals surface area contributed by atoms with Crippen molar-refractivity contribution in [3.8, 4) is 11.5 Å². The Morgan fingerprint density at radius 3 is 2.68 bits per heavy atom. The number of nitrogens with one attached hydrogen (secondary N) is 1. The van der Waals surface area contributed by atoms with Crippen LogP contribution in [0.25, 0.3) is 10.9 Å². The van der Waals surface area contributed by atoms with Crippen LogP contribution in [0, 0.1) is 0 Å². The summed E-state index contributed by atoms with van der Waals surface area (Å²) >= 11 is 0. The fourth-order valence-electron chi connectivity index (χ4n) is 2.34. The second-order valence-corrected chi connectivity index (χ2v) is 4.77. The molecule has 0 aliphatic heterocycles. The molecule has 0 amide bonds. The van der Waals surface area contributed by atoms with Gasteiger partial charge in [0.2, 0.25) is 0 Å². The molecule has 0 bridgehead atoms. The van der Waals surface area contributed by atoms with Gasteiger partial charge in [-0.15, -0.1) is 0 Å². The van der Waals surface area contributed by atoms with Crippen molar-refractivity contribution >= 4 is 16.7 Å². The summed E-state index contributed by atoms with van der Waals surface area (Å²) < 4.78 is 10.7. The summed E-state index contributed by atoms with van der Waals surface area (Å²) in [4.78, 5) is 8.59. The predicted octanol–water partition coefficient (Wildman–Crippen LogP) is 3.26. The van der Waals surface area contributed by atoms with Crippen molar-refractivity contribution < 1.29 is 9.47 Å². The average molecular weight is 295 g/mol. The predicted molar refractivity (Wildman–Crippen MR) is 86.4 cm³/mol. The van der Waals surface area contributed by atoms with Crippen LogP contribution in [0.2, 0.25) is 0 Å². The fraction of sp³-hybridized carbons (Fsp3) is 0.176. The maximum atomic E-state index is 5.39. The first-order chi connectivity index (χ1) is 10.8. The third kappa shape index (κ3) is 2.79. The molecule has 2 aromatic carbocycles. The lowest BCUT2D eigenvalue weighted by Gasteiger charge is -2.12. The lowest BCUT2D eigenvalue weighted by atomic mass is 10.1. The number of para-hydroxylation sites is 1. The molecular weight excluding hydrogens is 278 g/mol. The topological polar surface area (TPSA) is 56.3 Å². The third-order valence-corrected chi connectivity index (χ3v) is 3.48. The molecule has 5 nitrogen and oxygen atoms in total. The molecule has 112 valence electrons. The Bertz CT molecular complexity index is 784. The standard InChI is InChI=1S/C17H17N3O2/c1-21-13-7-8-16(22-2)12(9-13)10-18-17-14-5-3-4-6-15(14)19-11-20-17/h3-9,11H,10H2,1-2H3,(H,18,19,20). The quantitative estimate of drug-likeness (QED) is 0.783. The van der Waals surface area contributed by atoms with Crippen LogP contribution >= 0.6 is 0 Å². The largest absolute Gasteiger partial charge is 0.497 e. The van der Waals surface area contributed by atoms with Crippen molar-refractivity contribution in [1.29, 1.82) is 0 Å². The van der Waals surface area contributed by atoms with Crippen molar-refractivity contribution in [2.24, 2.45) is 0 Å². The number of benzene rings is 2. The van der Waals surface area contributed by atoms with Crippen LogP contribution in [-0.2, 0) is 6.54 Å². The van der Waals surface area contributed by atoms with E-state index in [1.807, 2.05) is 42.5 Å². The average Bonchev–Trinajstić information content (AvgIpc) is 2.59. The van der Waals surface area contributed by atoms with Crippen LogP contribution in [0.1, 0.15) is 5.56 Å². The first-order valence-corrected chi connectivity index (χ1v) is 6.96. The molecule has 22 heavy (non-hydrogen) atoms. The minimum Gasteiger partial charge on any atom is -0.497 e. The molecule has 0 saturated heterocycles. The molecule has 0 aliphatic carbocycles. The second kappa shape index (κ2) is 6.30. The molecule has 0 saturated carbocycles. The van der Waals surface area contributed by atoms with Gasteiger partial charge in [0.15, 0.2) is 0 Å². The summed E-state index contributed by atoms with van der Waals surface area (Å²) in [6.07, 6.45) is 1.56. The van der Waals surface area contributed by atoms with Crippen LogP contribution in [0.3, 0.4) is 0 Å². The number of ether oxygens (including phenoxy) is 2. The van der Waals surface area contributed by atoms with E-state index in [4.69, 9.17) is 9.47 Å². The molecule has 0 aliphatic rings. The normalized spacial score (nSPS) is 10.5. The Labute approximate surface area is 128 Å². The van der Waals surface area contributed by atoms with Gasteiger partial charge in [-0.25, -0.2) is 9.97 Å². The molecule has 1 heterocycles. The lowest BCUT2D eigenvalue weighted by molar-refractivity contribution is 0.399. The molecule has 3 rings (SSSR count). The lowest BCUT2D eigenvalue weighted by Crippen LogP contribution is -2.04. The van der Waals surface area contributed by atoms with E-state index in [1.165, 1.54) is 0 Å². The summed E-state index contributed by atoms with van der Waals surface area (Å²) in [6, 6.07) is 13.6. The van der Waals surface area contributed by atoms with Crippen molar-refractivity contribution in [2.75, 3.05) is 19.5 Å². The summed E-state index contributed by atoms with van der Waals surface area (Å²) in [7, 11) is 3.31. The minimum atomic E-state index is 0.585.